The molecule has 0 bridgehead atoms. The summed E-state index contributed by atoms with van der Waals surface area (Å²) in [5.41, 5.74) is 0. The zero-order valence-electron chi connectivity index (χ0n) is 12.1. The summed E-state index contributed by atoms with van der Waals surface area (Å²) in [7, 11) is 0. The normalized spacial score (nSPS) is 20.7. The molecule has 1 saturated heterocycles. The molecule has 0 saturated carbocycles. The monoisotopic (exact) mass is 280 g/mol. The van der Waals surface area contributed by atoms with Crippen LogP contribution in [0.4, 0.5) is 13.2 Å². The highest BCUT2D eigenvalue weighted by molar-refractivity contribution is 4.77. The Morgan fingerprint density at radius 1 is 1.21 bits per heavy atom. The lowest BCUT2D eigenvalue weighted by atomic mass is 9.96. The first-order chi connectivity index (χ1) is 8.93. The van der Waals surface area contributed by atoms with Crippen molar-refractivity contribution in [3.63, 3.8) is 0 Å². The maximum absolute atomic E-state index is 12.5. The summed E-state index contributed by atoms with van der Waals surface area (Å²) in [6.45, 7) is 7.43. The van der Waals surface area contributed by atoms with E-state index in [-0.39, 0.29) is 12.8 Å². The molecule has 1 rings (SSSR count). The molecule has 0 amide bonds. The third-order valence-corrected chi connectivity index (χ3v) is 3.96. The van der Waals surface area contributed by atoms with Crippen molar-refractivity contribution >= 4 is 0 Å². The zero-order chi connectivity index (χ0) is 14.3. The Hall–Kier alpha value is -0.290. The number of unbranched alkanes of at least 4 members (excludes halogenated alkanes) is 1. The number of hydrogen-bond acceptors (Lipinski definition) is 2. The second-order valence-corrected chi connectivity index (χ2v) is 5.61. The Balaban J connectivity index is 2.07. The van der Waals surface area contributed by atoms with Crippen molar-refractivity contribution in [3.8, 4) is 0 Å². The van der Waals surface area contributed by atoms with Crippen LogP contribution in [0.25, 0.3) is 0 Å². The molecule has 5 heteroatoms. The third kappa shape index (κ3) is 6.61. The average molecular weight is 280 g/mol. The summed E-state index contributed by atoms with van der Waals surface area (Å²) in [5.74, 6) is -1.07. The van der Waals surface area contributed by atoms with Crippen LogP contribution in [0.1, 0.15) is 46.0 Å². The van der Waals surface area contributed by atoms with Crippen molar-refractivity contribution in [2.45, 2.75) is 58.2 Å². The molecule has 0 spiro atoms. The standard InChI is InChI=1S/C14H27F3N2/c1-3-18-12(2)6-4-5-9-19-10-7-13(8-11-19)14(15,16)17/h12-13,18H,3-11H2,1-2H3. The number of likely N-dealkylation sites (tertiary alicyclic amines) is 1. The maximum Gasteiger partial charge on any atom is 0.391 e. The number of alkyl halides is 3. The van der Waals surface area contributed by atoms with E-state index in [2.05, 4.69) is 24.1 Å². The second kappa shape index (κ2) is 8.10. The molecule has 1 aliphatic heterocycles. The molecule has 0 aromatic rings. The van der Waals surface area contributed by atoms with Gasteiger partial charge in [0.15, 0.2) is 0 Å². The van der Waals surface area contributed by atoms with Crippen LogP contribution in [0, 0.1) is 5.92 Å². The van der Waals surface area contributed by atoms with Gasteiger partial charge in [-0.25, -0.2) is 0 Å². The van der Waals surface area contributed by atoms with Gasteiger partial charge in [0.25, 0.3) is 0 Å². The molecule has 0 aliphatic carbocycles. The predicted molar refractivity (Wildman–Crippen MR) is 72.2 cm³/mol. The first-order valence-corrected chi connectivity index (χ1v) is 7.46. The van der Waals surface area contributed by atoms with Gasteiger partial charge >= 0.3 is 6.18 Å². The minimum atomic E-state index is -3.99. The summed E-state index contributed by atoms with van der Waals surface area (Å²) in [6, 6.07) is 0.543. The van der Waals surface area contributed by atoms with Crippen LogP contribution in [-0.2, 0) is 0 Å². The van der Waals surface area contributed by atoms with Crippen molar-refractivity contribution in [1.82, 2.24) is 10.2 Å². The van der Waals surface area contributed by atoms with E-state index in [9.17, 15) is 13.2 Å². The highest BCUT2D eigenvalue weighted by Gasteiger charge is 2.40. The topological polar surface area (TPSA) is 15.3 Å². The molecule has 2 nitrogen and oxygen atoms in total. The molecular formula is C14H27F3N2. The number of nitrogens with zero attached hydrogens (tertiary/aromatic N) is 1. The summed E-state index contributed by atoms with van der Waals surface area (Å²) in [5, 5.41) is 3.37. The summed E-state index contributed by atoms with van der Waals surface area (Å²) < 4.78 is 37.5. The van der Waals surface area contributed by atoms with Gasteiger partial charge in [-0.15, -0.1) is 0 Å². The molecule has 0 aromatic carbocycles. The summed E-state index contributed by atoms with van der Waals surface area (Å²) >= 11 is 0. The number of rotatable bonds is 7. The molecule has 1 fully saturated rings. The van der Waals surface area contributed by atoms with Crippen LogP contribution in [0.15, 0.2) is 0 Å². The van der Waals surface area contributed by atoms with Gasteiger partial charge in [-0.1, -0.05) is 13.3 Å². The number of nitrogens with one attached hydrogen (secondary N) is 1. The van der Waals surface area contributed by atoms with Crippen molar-refractivity contribution in [1.29, 1.82) is 0 Å². The number of piperidine rings is 1. The second-order valence-electron chi connectivity index (χ2n) is 5.61. The minimum absolute atomic E-state index is 0.275. The van der Waals surface area contributed by atoms with Crippen molar-refractivity contribution < 1.29 is 13.2 Å². The fraction of sp³-hybridized carbons (Fsp3) is 1.00. The fourth-order valence-electron chi connectivity index (χ4n) is 2.72. The van der Waals surface area contributed by atoms with Gasteiger partial charge in [0.2, 0.25) is 0 Å². The largest absolute Gasteiger partial charge is 0.391 e. The first kappa shape index (κ1) is 16.8. The van der Waals surface area contributed by atoms with Crippen LogP contribution in [0.5, 0.6) is 0 Å². The molecule has 1 unspecified atom stereocenters. The average Bonchev–Trinajstić information content (AvgIpc) is 2.34. The molecule has 1 N–H and O–H groups in total. The lowest BCUT2D eigenvalue weighted by Gasteiger charge is -2.32. The van der Waals surface area contributed by atoms with Crippen molar-refractivity contribution in [2.24, 2.45) is 5.92 Å². The lowest BCUT2D eigenvalue weighted by Crippen LogP contribution is -2.39. The van der Waals surface area contributed by atoms with E-state index in [4.69, 9.17) is 0 Å². The quantitative estimate of drug-likeness (QED) is 0.719. The van der Waals surface area contributed by atoms with Crippen LogP contribution in [-0.4, -0.2) is 43.3 Å². The predicted octanol–water partition coefficient (Wildman–Crippen LogP) is 3.43. The molecule has 1 heterocycles. The van der Waals surface area contributed by atoms with Gasteiger partial charge < -0.3 is 10.2 Å². The van der Waals surface area contributed by atoms with Gasteiger partial charge in [-0.2, -0.15) is 13.2 Å². The molecular weight excluding hydrogens is 253 g/mol. The Labute approximate surface area is 114 Å². The Morgan fingerprint density at radius 3 is 2.37 bits per heavy atom. The van der Waals surface area contributed by atoms with Gasteiger partial charge in [-0.3, -0.25) is 0 Å². The van der Waals surface area contributed by atoms with Crippen LogP contribution >= 0.6 is 0 Å². The maximum atomic E-state index is 12.5. The number of halogens is 3. The van der Waals surface area contributed by atoms with Gasteiger partial charge in [0.1, 0.15) is 0 Å². The first-order valence-electron chi connectivity index (χ1n) is 7.46. The third-order valence-electron chi connectivity index (χ3n) is 3.96. The van der Waals surface area contributed by atoms with E-state index in [0.717, 1.165) is 32.4 Å². The smallest absolute Gasteiger partial charge is 0.315 e. The van der Waals surface area contributed by atoms with E-state index in [1.165, 1.54) is 0 Å². The van der Waals surface area contributed by atoms with E-state index in [1.54, 1.807) is 0 Å². The lowest BCUT2D eigenvalue weighted by molar-refractivity contribution is -0.185. The highest BCUT2D eigenvalue weighted by Crippen LogP contribution is 2.34. The van der Waals surface area contributed by atoms with Gasteiger partial charge in [0, 0.05) is 6.04 Å². The Bertz CT molecular complexity index is 235. The van der Waals surface area contributed by atoms with E-state index in [1.807, 2.05) is 0 Å². The summed E-state index contributed by atoms with van der Waals surface area (Å²) in [4.78, 5) is 2.18. The van der Waals surface area contributed by atoms with E-state index < -0.39 is 12.1 Å². The van der Waals surface area contributed by atoms with E-state index in [0.29, 0.717) is 19.1 Å². The van der Waals surface area contributed by atoms with E-state index >= 15 is 0 Å². The molecule has 1 aliphatic rings. The number of hydrogen-bond donors (Lipinski definition) is 1. The highest BCUT2D eigenvalue weighted by atomic mass is 19.4. The van der Waals surface area contributed by atoms with Gasteiger partial charge in [0.05, 0.1) is 5.92 Å². The molecule has 114 valence electrons. The molecule has 0 radical (unpaired) electrons. The molecule has 1 atom stereocenters. The van der Waals surface area contributed by atoms with Gasteiger partial charge in [-0.05, 0) is 58.8 Å². The van der Waals surface area contributed by atoms with Crippen LogP contribution in [0.2, 0.25) is 0 Å². The van der Waals surface area contributed by atoms with Crippen LogP contribution in [0.3, 0.4) is 0 Å². The molecule has 19 heavy (non-hydrogen) atoms. The molecule has 0 aromatic heterocycles. The Morgan fingerprint density at radius 2 is 1.84 bits per heavy atom. The zero-order valence-corrected chi connectivity index (χ0v) is 12.1. The summed E-state index contributed by atoms with van der Waals surface area (Å²) in [6.07, 6.45) is -0.0609. The minimum Gasteiger partial charge on any atom is -0.315 e. The SMILES string of the molecule is CCNC(C)CCCCN1CCC(C(F)(F)F)CC1. The Kier molecular flexibility index (Phi) is 7.15. The fourth-order valence-corrected chi connectivity index (χ4v) is 2.72. The van der Waals surface area contributed by atoms with Crippen molar-refractivity contribution in [3.05, 3.63) is 0 Å². The van der Waals surface area contributed by atoms with Crippen LogP contribution < -0.4 is 5.32 Å². The van der Waals surface area contributed by atoms with Crippen molar-refractivity contribution in [2.75, 3.05) is 26.2 Å².